The summed E-state index contributed by atoms with van der Waals surface area (Å²) in [5, 5.41) is 23.1. The summed E-state index contributed by atoms with van der Waals surface area (Å²) in [5.74, 6) is -0.438. The Kier molecular flexibility index (Phi) is 8.65. The molecule has 2 spiro atoms. The standard InChI is InChI=1S/C53H48F2N4O3/c54-35-23-45(58-19-17-52(29-58)25-47(60)41-21-33(13-15-43(41)52)39-7-3-1-5-37(39)31-9-10-31)49(56-27-35)51(62)50-46(24-36(55)28-57-50)59-20-18-53(30-59)26-48(61)42-22-34(14-16-44(42)53)40-8-4-2-6-38(40)32-11-12-32/h1-8,13-16,21-24,27-28,31-32,47-48,60-61H,9-12,17-20,25-26,29-30H2. The highest BCUT2D eigenvalue weighted by Crippen LogP contribution is 2.55. The number of carbonyl (C=O) groups is 1. The van der Waals surface area contributed by atoms with E-state index in [9.17, 15) is 15.0 Å². The van der Waals surface area contributed by atoms with Crippen molar-refractivity contribution in [3.05, 3.63) is 166 Å². The van der Waals surface area contributed by atoms with Crippen molar-refractivity contribution < 1.29 is 23.8 Å². The summed E-state index contributed by atoms with van der Waals surface area (Å²) in [6, 6.07) is 32.8. The van der Waals surface area contributed by atoms with Crippen LogP contribution in [0.4, 0.5) is 20.2 Å². The van der Waals surface area contributed by atoms with Gasteiger partial charge in [-0.1, -0.05) is 72.8 Å². The van der Waals surface area contributed by atoms with Crippen LogP contribution in [0, 0.1) is 11.6 Å². The predicted molar refractivity (Wildman–Crippen MR) is 236 cm³/mol. The van der Waals surface area contributed by atoms with E-state index in [-0.39, 0.29) is 22.2 Å². The van der Waals surface area contributed by atoms with E-state index >= 15 is 8.78 Å². The second-order valence-electron chi connectivity index (χ2n) is 19.0. The minimum atomic E-state index is -0.640. The fourth-order valence-electron chi connectivity index (χ4n) is 11.9. The zero-order valence-corrected chi connectivity index (χ0v) is 34.5. The van der Waals surface area contributed by atoms with Crippen molar-refractivity contribution in [2.75, 3.05) is 36.0 Å². The van der Waals surface area contributed by atoms with Crippen molar-refractivity contribution in [3.63, 3.8) is 0 Å². The zero-order valence-electron chi connectivity index (χ0n) is 34.5. The monoisotopic (exact) mass is 826 g/mol. The highest BCUT2D eigenvalue weighted by molar-refractivity contribution is 6.13. The van der Waals surface area contributed by atoms with Gasteiger partial charge in [0.15, 0.2) is 0 Å². The number of pyridine rings is 2. The molecular formula is C53H48F2N4O3. The number of fused-ring (bicyclic) bond motifs is 4. The van der Waals surface area contributed by atoms with E-state index in [2.05, 4.69) is 94.9 Å². The molecule has 312 valence electrons. The third kappa shape index (κ3) is 6.14. The average Bonchev–Trinajstić information content (AvgIpc) is 4.21. The van der Waals surface area contributed by atoms with Crippen LogP contribution in [0.2, 0.25) is 0 Å². The van der Waals surface area contributed by atoms with Crippen molar-refractivity contribution >= 4 is 17.2 Å². The van der Waals surface area contributed by atoms with Crippen LogP contribution in [0.3, 0.4) is 0 Å². The van der Waals surface area contributed by atoms with Gasteiger partial charge in [0.2, 0.25) is 5.78 Å². The smallest absolute Gasteiger partial charge is 0.233 e. The summed E-state index contributed by atoms with van der Waals surface area (Å²) in [6.45, 7) is 2.04. The van der Waals surface area contributed by atoms with E-state index in [1.165, 1.54) is 60.1 Å². The second-order valence-corrected chi connectivity index (χ2v) is 19.0. The van der Waals surface area contributed by atoms with E-state index in [4.69, 9.17) is 0 Å². The summed E-state index contributed by atoms with van der Waals surface area (Å²) < 4.78 is 30.4. The number of halogens is 2. The SMILES string of the molecule is O=C(c1ncc(F)cc1N1CCC2(CC(O)c3cc(-c4ccccc4C4CC4)ccc32)C1)c1ncc(F)cc1N1CCC2(CC(O)c3cc(-c4ccccc4C4CC4)ccc32)C1. The van der Waals surface area contributed by atoms with Crippen molar-refractivity contribution in [2.24, 2.45) is 0 Å². The maximum absolute atomic E-state index is 15.2. The summed E-state index contributed by atoms with van der Waals surface area (Å²) in [5.41, 5.74) is 11.5. The minimum Gasteiger partial charge on any atom is -0.388 e. The fourth-order valence-corrected chi connectivity index (χ4v) is 11.9. The van der Waals surface area contributed by atoms with Gasteiger partial charge in [-0.2, -0.15) is 0 Å². The van der Waals surface area contributed by atoms with E-state index in [0.29, 0.717) is 62.2 Å². The lowest BCUT2D eigenvalue weighted by atomic mass is 9.80. The number of aliphatic hydroxyl groups is 2. The van der Waals surface area contributed by atoms with Gasteiger partial charge in [0, 0.05) is 49.1 Å². The first-order valence-electron chi connectivity index (χ1n) is 22.4. The number of benzene rings is 4. The number of hydrogen-bond acceptors (Lipinski definition) is 7. The molecule has 62 heavy (non-hydrogen) atoms. The Bertz CT molecular complexity index is 2630. The van der Waals surface area contributed by atoms with Crippen molar-refractivity contribution in [3.8, 4) is 22.3 Å². The number of ketones is 1. The van der Waals surface area contributed by atoms with Crippen LogP contribution < -0.4 is 9.80 Å². The molecule has 7 nitrogen and oxygen atoms in total. The Hall–Kier alpha value is -5.77. The Labute approximate surface area is 360 Å². The molecule has 0 amide bonds. The third-order valence-electron chi connectivity index (χ3n) is 15.2. The van der Waals surface area contributed by atoms with E-state index in [1.54, 1.807) is 0 Å². The number of rotatable bonds is 8. The Morgan fingerprint density at radius 1 is 0.581 bits per heavy atom. The molecule has 0 radical (unpaired) electrons. The first-order chi connectivity index (χ1) is 30.2. The molecule has 4 heterocycles. The lowest BCUT2D eigenvalue weighted by Crippen LogP contribution is -2.31. The molecule has 2 aromatic heterocycles. The molecule has 4 fully saturated rings. The van der Waals surface area contributed by atoms with Crippen molar-refractivity contribution in [1.29, 1.82) is 0 Å². The molecule has 2 aliphatic heterocycles. The Balaban J connectivity index is 0.830. The van der Waals surface area contributed by atoms with Gasteiger partial charge in [-0.3, -0.25) is 4.79 Å². The summed E-state index contributed by atoms with van der Waals surface area (Å²) in [6.07, 6.45) is 8.16. The highest BCUT2D eigenvalue weighted by atomic mass is 19.1. The van der Waals surface area contributed by atoms with Gasteiger partial charge in [-0.15, -0.1) is 0 Å². The highest BCUT2D eigenvalue weighted by Gasteiger charge is 2.50. The van der Waals surface area contributed by atoms with Gasteiger partial charge >= 0.3 is 0 Å². The maximum atomic E-state index is 15.2. The number of carbonyl (C=O) groups excluding carboxylic acids is 1. The lowest BCUT2D eigenvalue weighted by Gasteiger charge is -2.28. The van der Waals surface area contributed by atoms with Crippen LogP contribution in [0.15, 0.2) is 109 Å². The molecule has 2 saturated carbocycles. The molecule has 2 N–H and O–H groups in total. The van der Waals surface area contributed by atoms with Crippen LogP contribution in [0.1, 0.15) is 125 Å². The topological polar surface area (TPSA) is 89.8 Å². The largest absolute Gasteiger partial charge is 0.388 e. The van der Waals surface area contributed by atoms with Crippen LogP contribution in [-0.2, 0) is 10.8 Å². The van der Waals surface area contributed by atoms with Crippen LogP contribution in [0.25, 0.3) is 22.3 Å². The summed E-state index contributed by atoms with van der Waals surface area (Å²) in [7, 11) is 0. The molecule has 4 unspecified atom stereocenters. The van der Waals surface area contributed by atoms with Crippen molar-refractivity contribution in [2.45, 2.75) is 86.2 Å². The van der Waals surface area contributed by atoms with E-state index in [1.807, 2.05) is 9.80 Å². The molecule has 6 aliphatic rings. The number of anilines is 2. The fraction of sp³-hybridized carbons (Fsp3) is 0.340. The van der Waals surface area contributed by atoms with Gasteiger partial charge in [-0.25, -0.2) is 18.7 Å². The van der Waals surface area contributed by atoms with Gasteiger partial charge < -0.3 is 20.0 Å². The zero-order chi connectivity index (χ0) is 41.9. The molecule has 6 aromatic rings. The van der Waals surface area contributed by atoms with Crippen molar-refractivity contribution in [1.82, 2.24) is 9.97 Å². The van der Waals surface area contributed by atoms with E-state index in [0.717, 1.165) is 58.6 Å². The van der Waals surface area contributed by atoms with E-state index < -0.39 is 29.6 Å². The molecular weight excluding hydrogens is 779 g/mol. The van der Waals surface area contributed by atoms with Crippen LogP contribution in [-0.4, -0.2) is 52.1 Å². The number of hydrogen-bond donors (Lipinski definition) is 2. The van der Waals surface area contributed by atoms with Crippen LogP contribution in [0.5, 0.6) is 0 Å². The average molecular weight is 827 g/mol. The molecule has 12 rings (SSSR count). The molecule has 2 saturated heterocycles. The van der Waals surface area contributed by atoms with Gasteiger partial charge in [0.25, 0.3) is 0 Å². The molecule has 4 atom stereocenters. The second kappa shape index (κ2) is 14.1. The van der Waals surface area contributed by atoms with Gasteiger partial charge in [0.05, 0.1) is 36.0 Å². The molecule has 4 aromatic carbocycles. The summed E-state index contributed by atoms with van der Waals surface area (Å²) >= 11 is 0. The third-order valence-corrected chi connectivity index (χ3v) is 15.2. The molecule has 0 bridgehead atoms. The van der Waals surface area contributed by atoms with Gasteiger partial charge in [0.1, 0.15) is 23.0 Å². The number of nitrogens with zero attached hydrogens (tertiary/aromatic N) is 4. The lowest BCUT2D eigenvalue weighted by molar-refractivity contribution is 0.103. The van der Waals surface area contributed by atoms with Crippen LogP contribution >= 0.6 is 0 Å². The first kappa shape index (κ1) is 37.9. The molecule has 9 heteroatoms. The first-order valence-corrected chi connectivity index (χ1v) is 22.4. The number of aliphatic hydroxyl groups excluding tert-OH is 2. The summed E-state index contributed by atoms with van der Waals surface area (Å²) in [4.78, 5) is 27.6. The maximum Gasteiger partial charge on any atom is 0.233 e. The molecule has 4 aliphatic carbocycles. The predicted octanol–water partition coefficient (Wildman–Crippen LogP) is 10.2. The number of aromatic nitrogens is 2. The Morgan fingerprint density at radius 2 is 1.02 bits per heavy atom. The Morgan fingerprint density at radius 3 is 1.45 bits per heavy atom. The van der Waals surface area contributed by atoms with Gasteiger partial charge in [-0.05, 0) is 131 Å². The quantitative estimate of drug-likeness (QED) is 0.148. The minimum absolute atomic E-state index is 0.0594. The normalized spacial score (nSPS) is 25.0.